The van der Waals surface area contributed by atoms with Gasteiger partial charge in [-0.25, -0.2) is 0 Å². The molecule has 1 aromatic carbocycles. The molecule has 2 amide bonds. The Hall–Kier alpha value is -2.18. The summed E-state index contributed by atoms with van der Waals surface area (Å²) in [4.78, 5) is 33.2. The van der Waals surface area contributed by atoms with Crippen molar-refractivity contribution in [3.8, 4) is 10.4 Å². The molecule has 154 valence electrons. The normalized spacial score (nSPS) is 19.7. The molecule has 1 unspecified atom stereocenters. The van der Waals surface area contributed by atoms with Crippen LogP contribution in [0.3, 0.4) is 0 Å². The first-order valence-electron chi connectivity index (χ1n) is 10.5. The van der Waals surface area contributed by atoms with Gasteiger partial charge in [0.25, 0.3) is 11.8 Å². The molecule has 2 aliphatic heterocycles. The maximum atomic E-state index is 13.1. The Morgan fingerprint density at radius 1 is 1.00 bits per heavy atom. The first kappa shape index (κ1) is 20.1. The average Bonchev–Trinajstić information content (AvgIpc) is 3.49. The highest BCUT2D eigenvalue weighted by Gasteiger charge is 2.31. The summed E-state index contributed by atoms with van der Waals surface area (Å²) in [7, 11) is 3.52. The Labute approximate surface area is 176 Å². The van der Waals surface area contributed by atoms with E-state index in [0.717, 1.165) is 46.8 Å². The Balaban J connectivity index is 1.44. The molecule has 29 heavy (non-hydrogen) atoms. The zero-order valence-corrected chi connectivity index (χ0v) is 18.1. The number of hydrogen-bond acceptors (Lipinski definition) is 4. The predicted molar refractivity (Wildman–Crippen MR) is 118 cm³/mol. The third-order valence-corrected chi connectivity index (χ3v) is 7.07. The lowest BCUT2D eigenvalue weighted by Crippen LogP contribution is -2.42. The highest BCUT2D eigenvalue weighted by Crippen LogP contribution is 2.30. The smallest absolute Gasteiger partial charge is 0.263 e. The van der Waals surface area contributed by atoms with Crippen molar-refractivity contribution in [3.63, 3.8) is 0 Å². The number of carbonyl (C=O) groups is 2. The first-order chi connectivity index (χ1) is 14.0. The molecule has 5 nitrogen and oxygen atoms in total. The molecule has 0 N–H and O–H groups in total. The van der Waals surface area contributed by atoms with Crippen molar-refractivity contribution in [1.82, 2.24) is 14.7 Å². The van der Waals surface area contributed by atoms with Crippen LogP contribution in [0, 0.1) is 0 Å². The van der Waals surface area contributed by atoms with Crippen molar-refractivity contribution < 1.29 is 9.59 Å². The van der Waals surface area contributed by atoms with Crippen molar-refractivity contribution >= 4 is 23.2 Å². The number of benzene rings is 1. The maximum absolute atomic E-state index is 13.1. The third kappa shape index (κ3) is 4.38. The number of rotatable bonds is 5. The van der Waals surface area contributed by atoms with Crippen LogP contribution in [0.2, 0.25) is 0 Å². The minimum atomic E-state index is 0.0196. The van der Waals surface area contributed by atoms with Gasteiger partial charge in [-0.3, -0.25) is 9.59 Å². The van der Waals surface area contributed by atoms with Gasteiger partial charge in [-0.1, -0.05) is 12.1 Å². The molecular formula is C23H29N3O2S. The molecule has 0 saturated carbocycles. The molecule has 4 rings (SSSR count). The van der Waals surface area contributed by atoms with Crippen molar-refractivity contribution in [2.45, 2.75) is 31.7 Å². The van der Waals surface area contributed by atoms with E-state index in [-0.39, 0.29) is 11.8 Å². The summed E-state index contributed by atoms with van der Waals surface area (Å²) >= 11 is 1.49. The van der Waals surface area contributed by atoms with Crippen LogP contribution in [-0.2, 0) is 0 Å². The van der Waals surface area contributed by atoms with Gasteiger partial charge in [-0.05, 0) is 68.6 Å². The van der Waals surface area contributed by atoms with Crippen LogP contribution < -0.4 is 0 Å². The molecule has 1 aromatic heterocycles. The summed E-state index contributed by atoms with van der Waals surface area (Å²) in [6.45, 7) is 4.22. The average molecular weight is 412 g/mol. The van der Waals surface area contributed by atoms with Gasteiger partial charge < -0.3 is 14.7 Å². The van der Waals surface area contributed by atoms with Gasteiger partial charge in [-0.2, -0.15) is 0 Å². The van der Waals surface area contributed by atoms with Crippen LogP contribution in [-0.4, -0.2) is 72.8 Å². The lowest BCUT2D eigenvalue weighted by molar-refractivity contribution is 0.0708. The van der Waals surface area contributed by atoms with Crippen LogP contribution in [0.1, 0.15) is 45.7 Å². The van der Waals surface area contributed by atoms with Crippen molar-refractivity contribution in [2.24, 2.45) is 0 Å². The van der Waals surface area contributed by atoms with E-state index in [4.69, 9.17) is 0 Å². The summed E-state index contributed by atoms with van der Waals surface area (Å²) in [5, 5.41) is 0. The second-order valence-corrected chi connectivity index (χ2v) is 9.33. The molecule has 0 spiro atoms. The number of likely N-dealkylation sites (tertiary alicyclic amines) is 2. The summed E-state index contributed by atoms with van der Waals surface area (Å²) in [6.07, 6.45) is 4.78. The summed E-state index contributed by atoms with van der Waals surface area (Å²) < 4.78 is 0. The molecule has 0 aliphatic carbocycles. The fourth-order valence-electron chi connectivity index (χ4n) is 4.33. The van der Waals surface area contributed by atoms with E-state index in [2.05, 4.69) is 9.80 Å². The van der Waals surface area contributed by atoms with Crippen molar-refractivity contribution in [1.29, 1.82) is 0 Å². The van der Waals surface area contributed by atoms with E-state index in [1.807, 2.05) is 36.4 Å². The van der Waals surface area contributed by atoms with Crippen molar-refractivity contribution in [2.75, 3.05) is 40.3 Å². The zero-order chi connectivity index (χ0) is 20.4. The SMILES string of the molecule is CN(C)C(=O)c1ccc(-c2ccc(C(=O)N3CCCC3CN3CCCC3)cc2)s1. The zero-order valence-electron chi connectivity index (χ0n) is 17.3. The summed E-state index contributed by atoms with van der Waals surface area (Å²) in [5.74, 6) is 0.166. The molecule has 2 fully saturated rings. The van der Waals surface area contributed by atoms with E-state index in [9.17, 15) is 9.59 Å². The highest BCUT2D eigenvalue weighted by molar-refractivity contribution is 7.17. The monoisotopic (exact) mass is 411 g/mol. The van der Waals surface area contributed by atoms with Gasteiger partial charge in [0, 0.05) is 43.7 Å². The minimum Gasteiger partial charge on any atom is -0.344 e. The molecule has 0 bridgehead atoms. The number of carbonyl (C=O) groups excluding carboxylic acids is 2. The Morgan fingerprint density at radius 3 is 2.41 bits per heavy atom. The van der Waals surface area contributed by atoms with Crippen LogP contribution in [0.15, 0.2) is 36.4 Å². The van der Waals surface area contributed by atoms with Gasteiger partial charge in [0.2, 0.25) is 0 Å². The van der Waals surface area contributed by atoms with Gasteiger partial charge in [0.15, 0.2) is 0 Å². The highest BCUT2D eigenvalue weighted by atomic mass is 32.1. The summed E-state index contributed by atoms with van der Waals surface area (Å²) in [5.41, 5.74) is 1.79. The number of thiophene rings is 1. The van der Waals surface area contributed by atoms with E-state index >= 15 is 0 Å². The maximum Gasteiger partial charge on any atom is 0.263 e. The largest absolute Gasteiger partial charge is 0.344 e. The van der Waals surface area contributed by atoms with E-state index in [0.29, 0.717) is 6.04 Å². The second kappa shape index (κ2) is 8.67. The topological polar surface area (TPSA) is 43.9 Å². The summed E-state index contributed by atoms with van der Waals surface area (Å²) in [6, 6.07) is 12.0. The second-order valence-electron chi connectivity index (χ2n) is 8.24. The third-order valence-electron chi connectivity index (χ3n) is 5.94. The number of amides is 2. The molecule has 2 saturated heterocycles. The fourth-order valence-corrected chi connectivity index (χ4v) is 5.36. The van der Waals surface area contributed by atoms with Gasteiger partial charge >= 0.3 is 0 Å². The molecule has 6 heteroatoms. The molecule has 0 radical (unpaired) electrons. The van der Waals surface area contributed by atoms with Gasteiger partial charge in [0.1, 0.15) is 0 Å². The van der Waals surface area contributed by atoms with Crippen LogP contribution >= 0.6 is 11.3 Å². The van der Waals surface area contributed by atoms with Crippen molar-refractivity contribution in [3.05, 3.63) is 46.8 Å². The first-order valence-corrected chi connectivity index (χ1v) is 11.3. The molecule has 2 aromatic rings. The van der Waals surface area contributed by atoms with Gasteiger partial charge in [-0.15, -0.1) is 11.3 Å². The van der Waals surface area contributed by atoms with Gasteiger partial charge in [0.05, 0.1) is 4.88 Å². The fraction of sp³-hybridized carbons (Fsp3) is 0.478. The van der Waals surface area contributed by atoms with Crippen LogP contribution in [0.25, 0.3) is 10.4 Å². The van der Waals surface area contributed by atoms with E-state index in [1.54, 1.807) is 19.0 Å². The lowest BCUT2D eigenvalue weighted by Gasteiger charge is -2.28. The standard InChI is InChI=1S/C23H29N3O2S/c1-24(2)23(28)21-12-11-20(29-21)17-7-9-18(10-8-17)22(27)26-15-5-6-19(26)16-25-13-3-4-14-25/h7-12,19H,3-6,13-16H2,1-2H3. The number of hydrogen-bond donors (Lipinski definition) is 0. The number of nitrogens with zero attached hydrogens (tertiary/aromatic N) is 3. The molecule has 1 atom stereocenters. The Bertz CT molecular complexity index is 869. The quantitative estimate of drug-likeness (QED) is 0.751. The Kier molecular flexibility index (Phi) is 6.01. The molecular weight excluding hydrogens is 382 g/mol. The van der Waals surface area contributed by atoms with E-state index < -0.39 is 0 Å². The lowest BCUT2D eigenvalue weighted by atomic mass is 10.1. The predicted octanol–water partition coefficient (Wildman–Crippen LogP) is 3.82. The van der Waals surface area contributed by atoms with E-state index in [1.165, 1.54) is 37.3 Å². The molecule has 2 aliphatic rings. The Morgan fingerprint density at radius 2 is 1.72 bits per heavy atom. The van der Waals surface area contributed by atoms with Crippen LogP contribution in [0.4, 0.5) is 0 Å². The molecule has 3 heterocycles. The minimum absolute atomic E-state index is 0.0196. The van der Waals surface area contributed by atoms with Crippen LogP contribution in [0.5, 0.6) is 0 Å².